The molecule has 1 aromatic heterocycles. The maximum absolute atomic E-state index is 12.9. The molecular formula is C25H29N3O3. The molecule has 1 fully saturated rings. The number of carbonyl (C=O) groups excluding carboxylic acids is 2. The molecule has 0 spiro atoms. The first kappa shape index (κ1) is 21.2. The van der Waals surface area contributed by atoms with Gasteiger partial charge in [-0.05, 0) is 42.9 Å². The molecule has 4 rings (SSSR count). The first-order valence-corrected chi connectivity index (χ1v) is 11.0. The van der Waals surface area contributed by atoms with Crippen LogP contribution in [-0.4, -0.2) is 46.0 Å². The lowest BCUT2D eigenvalue weighted by Crippen LogP contribution is -2.63. The number of benzene rings is 1. The van der Waals surface area contributed by atoms with Crippen molar-refractivity contribution >= 4 is 11.8 Å². The number of allylic oxidation sites excluding steroid dienone is 2. The standard InChI is InChI=1S/C25H29N3O3/c29-22-18-28(24(31)20-8-4-5-9-20)16-14-25(22,21-10-2-1-3-11-21)27-23(30)13-12-19-7-6-15-26-17-19/h1-7,10-11,15,17,20,22,29H,8-9,12-14,16,18H2,(H,27,30)/t22-,25+/m1/s1. The van der Waals surface area contributed by atoms with Gasteiger partial charge in [-0.25, -0.2) is 0 Å². The van der Waals surface area contributed by atoms with E-state index >= 15 is 0 Å². The summed E-state index contributed by atoms with van der Waals surface area (Å²) in [5.74, 6) is -0.0503. The van der Waals surface area contributed by atoms with Gasteiger partial charge < -0.3 is 15.3 Å². The van der Waals surface area contributed by atoms with Crippen molar-refractivity contribution < 1.29 is 14.7 Å². The van der Waals surface area contributed by atoms with E-state index in [1.165, 1.54) is 0 Å². The van der Waals surface area contributed by atoms with Crippen molar-refractivity contribution in [3.8, 4) is 0 Å². The fourth-order valence-electron chi connectivity index (χ4n) is 4.62. The van der Waals surface area contributed by atoms with Crippen LogP contribution in [0, 0.1) is 5.92 Å². The molecule has 0 unspecified atom stereocenters. The minimum atomic E-state index is -0.905. The number of likely N-dealkylation sites (tertiary alicyclic amines) is 1. The predicted octanol–water partition coefficient (Wildman–Crippen LogP) is 2.59. The number of nitrogens with zero attached hydrogens (tertiary/aromatic N) is 2. The topological polar surface area (TPSA) is 82.5 Å². The minimum absolute atomic E-state index is 0.0227. The molecule has 162 valence electrons. The van der Waals surface area contributed by atoms with Crippen LogP contribution in [0.25, 0.3) is 0 Å². The fourth-order valence-corrected chi connectivity index (χ4v) is 4.62. The molecule has 6 heteroatoms. The maximum atomic E-state index is 12.9. The molecule has 2 aliphatic rings. The van der Waals surface area contributed by atoms with Crippen molar-refractivity contribution in [3.05, 3.63) is 78.1 Å². The molecule has 2 amide bonds. The van der Waals surface area contributed by atoms with E-state index in [2.05, 4.69) is 10.3 Å². The van der Waals surface area contributed by atoms with Crippen LogP contribution in [0.1, 0.15) is 36.8 Å². The van der Waals surface area contributed by atoms with Gasteiger partial charge >= 0.3 is 0 Å². The van der Waals surface area contributed by atoms with Gasteiger partial charge in [-0.15, -0.1) is 0 Å². The summed E-state index contributed by atoms with van der Waals surface area (Å²) >= 11 is 0. The molecule has 1 aliphatic carbocycles. The highest BCUT2D eigenvalue weighted by molar-refractivity contribution is 5.80. The third-order valence-electron chi connectivity index (χ3n) is 6.42. The number of hydrogen-bond acceptors (Lipinski definition) is 4. The Balaban J connectivity index is 1.48. The van der Waals surface area contributed by atoms with Crippen molar-refractivity contribution in [2.24, 2.45) is 5.92 Å². The van der Waals surface area contributed by atoms with Crippen molar-refractivity contribution in [3.63, 3.8) is 0 Å². The van der Waals surface area contributed by atoms with E-state index in [0.717, 1.165) is 24.0 Å². The number of rotatable bonds is 6. The Labute approximate surface area is 183 Å². The summed E-state index contributed by atoms with van der Waals surface area (Å²) in [6, 6.07) is 13.4. The van der Waals surface area contributed by atoms with E-state index in [-0.39, 0.29) is 24.3 Å². The molecule has 2 atom stereocenters. The van der Waals surface area contributed by atoms with E-state index in [0.29, 0.717) is 25.8 Å². The third-order valence-corrected chi connectivity index (χ3v) is 6.42. The number of aliphatic hydroxyl groups is 1. The molecular weight excluding hydrogens is 390 g/mol. The number of aryl methyl sites for hydroxylation is 1. The average molecular weight is 420 g/mol. The van der Waals surface area contributed by atoms with Crippen LogP contribution in [0.5, 0.6) is 0 Å². The number of nitrogens with one attached hydrogen (secondary N) is 1. The molecule has 2 aromatic rings. The van der Waals surface area contributed by atoms with Gasteiger partial charge in [0.1, 0.15) is 0 Å². The van der Waals surface area contributed by atoms with E-state index < -0.39 is 11.6 Å². The van der Waals surface area contributed by atoms with Crippen LogP contribution in [0.3, 0.4) is 0 Å². The number of piperidine rings is 1. The highest BCUT2D eigenvalue weighted by Crippen LogP contribution is 2.35. The lowest BCUT2D eigenvalue weighted by atomic mass is 9.78. The normalized spacial score (nSPS) is 23.6. The number of hydrogen-bond donors (Lipinski definition) is 2. The van der Waals surface area contributed by atoms with Crippen molar-refractivity contribution in [2.75, 3.05) is 13.1 Å². The van der Waals surface area contributed by atoms with Crippen LogP contribution in [0.4, 0.5) is 0 Å². The summed E-state index contributed by atoms with van der Waals surface area (Å²) in [5.41, 5.74) is 0.960. The highest BCUT2D eigenvalue weighted by Gasteiger charge is 2.46. The monoisotopic (exact) mass is 419 g/mol. The van der Waals surface area contributed by atoms with Gasteiger partial charge in [0.2, 0.25) is 11.8 Å². The Morgan fingerprint density at radius 2 is 1.90 bits per heavy atom. The minimum Gasteiger partial charge on any atom is -0.388 e. The average Bonchev–Trinajstić information content (AvgIpc) is 3.35. The molecule has 0 saturated carbocycles. The van der Waals surface area contributed by atoms with Crippen LogP contribution in [-0.2, 0) is 21.5 Å². The van der Waals surface area contributed by atoms with E-state index in [4.69, 9.17) is 0 Å². The van der Waals surface area contributed by atoms with Crippen molar-refractivity contribution in [1.82, 2.24) is 15.2 Å². The Bertz CT molecular complexity index is 924. The van der Waals surface area contributed by atoms with Crippen LogP contribution >= 0.6 is 0 Å². The molecule has 0 bridgehead atoms. The summed E-state index contributed by atoms with van der Waals surface area (Å²) in [5, 5.41) is 14.4. The van der Waals surface area contributed by atoms with Gasteiger partial charge in [0.15, 0.2) is 0 Å². The van der Waals surface area contributed by atoms with Gasteiger partial charge in [-0.2, -0.15) is 0 Å². The number of aromatic nitrogens is 1. The first-order valence-electron chi connectivity index (χ1n) is 11.0. The summed E-state index contributed by atoms with van der Waals surface area (Å²) < 4.78 is 0. The van der Waals surface area contributed by atoms with E-state index in [1.807, 2.05) is 54.6 Å². The first-order chi connectivity index (χ1) is 15.1. The van der Waals surface area contributed by atoms with Crippen LogP contribution in [0.15, 0.2) is 67.0 Å². The maximum Gasteiger partial charge on any atom is 0.226 e. The fraction of sp³-hybridized carbons (Fsp3) is 0.400. The van der Waals surface area contributed by atoms with Gasteiger partial charge in [0.25, 0.3) is 0 Å². The van der Waals surface area contributed by atoms with E-state index in [9.17, 15) is 14.7 Å². The van der Waals surface area contributed by atoms with E-state index in [1.54, 1.807) is 17.3 Å². The quantitative estimate of drug-likeness (QED) is 0.705. The molecule has 2 N–H and O–H groups in total. The summed E-state index contributed by atoms with van der Waals surface area (Å²) in [6.45, 7) is 0.720. The summed E-state index contributed by atoms with van der Waals surface area (Å²) in [4.78, 5) is 31.6. The molecule has 6 nitrogen and oxygen atoms in total. The second-order valence-electron chi connectivity index (χ2n) is 8.44. The number of pyridine rings is 1. The largest absolute Gasteiger partial charge is 0.388 e. The van der Waals surface area contributed by atoms with Crippen LogP contribution < -0.4 is 5.32 Å². The summed E-state index contributed by atoms with van der Waals surface area (Å²) in [7, 11) is 0. The zero-order valence-electron chi connectivity index (χ0n) is 17.6. The SMILES string of the molecule is O=C(CCc1cccnc1)N[C@]1(c2ccccc2)CCN(C(=O)C2CC=CC2)C[C@H]1O. The molecule has 2 heterocycles. The Morgan fingerprint density at radius 3 is 2.58 bits per heavy atom. The van der Waals surface area contributed by atoms with Crippen LogP contribution in [0.2, 0.25) is 0 Å². The van der Waals surface area contributed by atoms with Gasteiger partial charge in [-0.3, -0.25) is 14.6 Å². The van der Waals surface area contributed by atoms with Gasteiger partial charge in [0.05, 0.1) is 11.6 Å². The second-order valence-corrected chi connectivity index (χ2v) is 8.44. The lowest BCUT2D eigenvalue weighted by Gasteiger charge is -2.47. The number of carbonyl (C=O) groups is 2. The third kappa shape index (κ3) is 4.69. The van der Waals surface area contributed by atoms with Gasteiger partial charge in [-0.1, -0.05) is 48.6 Å². The molecule has 1 saturated heterocycles. The zero-order chi connectivity index (χ0) is 21.7. The number of amides is 2. The smallest absolute Gasteiger partial charge is 0.226 e. The number of β-amino-alcohol motifs (C(OH)–C–C–N with tert-alkyl or cyclic N) is 1. The van der Waals surface area contributed by atoms with Crippen molar-refractivity contribution in [1.29, 1.82) is 0 Å². The Morgan fingerprint density at radius 1 is 1.13 bits per heavy atom. The predicted molar refractivity (Wildman–Crippen MR) is 118 cm³/mol. The molecule has 31 heavy (non-hydrogen) atoms. The molecule has 1 aromatic carbocycles. The Kier molecular flexibility index (Phi) is 6.47. The summed E-state index contributed by atoms with van der Waals surface area (Å²) in [6.07, 6.45) is 9.56. The lowest BCUT2D eigenvalue weighted by molar-refractivity contribution is -0.142. The highest BCUT2D eigenvalue weighted by atomic mass is 16.3. The van der Waals surface area contributed by atoms with Gasteiger partial charge in [0, 0.05) is 37.8 Å². The second kappa shape index (κ2) is 9.43. The zero-order valence-corrected chi connectivity index (χ0v) is 17.6. The number of aliphatic hydroxyl groups excluding tert-OH is 1. The molecule has 1 aliphatic heterocycles. The van der Waals surface area contributed by atoms with Crippen molar-refractivity contribution in [2.45, 2.75) is 43.7 Å². The molecule has 0 radical (unpaired) electrons. The Hall–Kier alpha value is -2.99.